The van der Waals surface area contributed by atoms with Crippen LogP contribution in [0.15, 0.2) is 12.3 Å². The van der Waals surface area contributed by atoms with Gasteiger partial charge in [-0.25, -0.2) is 9.11 Å². The van der Waals surface area contributed by atoms with E-state index in [1.54, 1.807) is 6.20 Å². The van der Waals surface area contributed by atoms with Crippen molar-refractivity contribution in [2.24, 2.45) is 5.14 Å². The topological polar surface area (TPSA) is 77.1 Å². The quantitative estimate of drug-likeness (QED) is 0.785. The molecule has 0 atom stereocenters. The van der Waals surface area contributed by atoms with E-state index in [0.717, 1.165) is 41.2 Å². The van der Waals surface area contributed by atoms with Crippen molar-refractivity contribution in [2.45, 2.75) is 25.7 Å². The van der Waals surface area contributed by atoms with Gasteiger partial charge in [0, 0.05) is 11.9 Å². The van der Waals surface area contributed by atoms with Crippen LogP contribution in [-0.2, 0) is 10.2 Å². The zero-order chi connectivity index (χ0) is 11.8. The maximum Gasteiger partial charge on any atom is 0.302 e. The molecule has 1 aliphatic heterocycles. The lowest BCUT2D eigenvalue weighted by Crippen LogP contribution is -2.27. The zero-order valence-electron chi connectivity index (χ0n) is 9.31. The van der Waals surface area contributed by atoms with Gasteiger partial charge in [0.1, 0.15) is 0 Å². The van der Waals surface area contributed by atoms with Crippen LogP contribution in [0.25, 0.3) is 0 Å². The highest BCUT2D eigenvalue weighted by Crippen LogP contribution is 2.28. The average Bonchev–Trinajstić information content (AvgIpc) is 2.61. The minimum absolute atomic E-state index is 0.448. The largest absolute Gasteiger partial charge is 0.317 e. The second kappa shape index (κ2) is 4.20. The van der Waals surface area contributed by atoms with Gasteiger partial charge in [-0.15, -0.1) is 0 Å². The van der Waals surface area contributed by atoms with Crippen molar-refractivity contribution in [3.8, 4) is 0 Å². The summed E-state index contributed by atoms with van der Waals surface area (Å²) in [5.41, 5.74) is 1.85. The normalized spacial score (nSPS) is 18.9. The van der Waals surface area contributed by atoms with Crippen LogP contribution >= 0.6 is 0 Å². The second-order valence-electron chi connectivity index (χ2n) is 4.22. The van der Waals surface area contributed by atoms with Crippen molar-refractivity contribution in [1.29, 1.82) is 0 Å². The van der Waals surface area contributed by atoms with Crippen LogP contribution in [0.1, 0.15) is 30.0 Å². The standard InChI is InChI=1S/C10H17N3O2S/c1-8-10(9-2-5-12-6-3-9)4-7-13(8)16(11,14)15/h4,7,9,12H,2-3,5-6H2,1H3,(H2,11,14,15). The van der Waals surface area contributed by atoms with E-state index in [9.17, 15) is 8.42 Å². The van der Waals surface area contributed by atoms with Crippen LogP contribution in [0.4, 0.5) is 0 Å². The van der Waals surface area contributed by atoms with Crippen molar-refractivity contribution in [2.75, 3.05) is 13.1 Å². The van der Waals surface area contributed by atoms with Gasteiger partial charge in [-0.1, -0.05) is 0 Å². The molecule has 0 aromatic carbocycles. The van der Waals surface area contributed by atoms with Crippen molar-refractivity contribution >= 4 is 10.2 Å². The molecule has 6 heteroatoms. The smallest absolute Gasteiger partial charge is 0.302 e. The number of aromatic nitrogens is 1. The minimum atomic E-state index is -3.65. The predicted octanol–water partition coefficient (Wildman–Crippen LogP) is 0.315. The van der Waals surface area contributed by atoms with Gasteiger partial charge >= 0.3 is 10.2 Å². The number of hydrogen-bond acceptors (Lipinski definition) is 3. The van der Waals surface area contributed by atoms with Gasteiger partial charge in [-0.2, -0.15) is 8.42 Å². The van der Waals surface area contributed by atoms with E-state index in [4.69, 9.17) is 5.14 Å². The lowest BCUT2D eigenvalue weighted by Gasteiger charge is -2.22. The number of rotatable bonds is 2. The maximum absolute atomic E-state index is 11.3. The first-order chi connectivity index (χ1) is 7.50. The van der Waals surface area contributed by atoms with Gasteiger partial charge in [0.2, 0.25) is 0 Å². The van der Waals surface area contributed by atoms with E-state index in [1.807, 2.05) is 13.0 Å². The number of nitrogens with one attached hydrogen (secondary N) is 1. The highest BCUT2D eigenvalue weighted by molar-refractivity contribution is 7.87. The van der Waals surface area contributed by atoms with Gasteiger partial charge < -0.3 is 5.32 Å². The summed E-state index contributed by atoms with van der Waals surface area (Å²) in [6.07, 6.45) is 3.65. The second-order valence-corrected chi connectivity index (χ2v) is 5.64. The maximum atomic E-state index is 11.3. The van der Waals surface area contributed by atoms with Gasteiger partial charge in [0.05, 0.1) is 0 Å². The first kappa shape index (κ1) is 11.6. The Hall–Kier alpha value is -0.850. The van der Waals surface area contributed by atoms with Gasteiger partial charge in [0.15, 0.2) is 0 Å². The Morgan fingerprint density at radius 2 is 2.06 bits per heavy atom. The highest BCUT2D eigenvalue weighted by atomic mass is 32.2. The fourth-order valence-corrected chi connectivity index (χ4v) is 3.07. The van der Waals surface area contributed by atoms with Crippen LogP contribution < -0.4 is 10.5 Å². The van der Waals surface area contributed by atoms with E-state index in [2.05, 4.69) is 5.32 Å². The lowest BCUT2D eigenvalue weighted by molar-refractivity contribution is 0.459. The van der Waals surface area contributed by atoms with Crippen LogP contribution in [0.5, 0.6) is 0 Å². The summed E-state index contributed by atoms with van der Waals surface area (Å²) < 4.78 is 23.7. The number of hydrogen-bond donors (Lipinski definition) is 2. The molecule has 1 saturated heterocycles. The molecule has 1 aromatic heterocycles. The molecule has 0 amide bonds. The van der Waals surface area contributed by atoms with Crippen molar-refractivity contribution in [1.82, 2.24) is 9.29 Å². The fraction of sp³-hybridized carbons (Fsp3) is 0.600. The van der Waals surface area contributed by atoms with Crippen LogP contribution in [0, 0.1) is 6.92 Å². The van der Waals surface area contributed by atoms with Crippen molar-refractivity contribution < 1.29 is 8.42 Å². The average molecular weight is 243 g/mol. The summed E-state index contributed by atoms with van der Waals surface area (Å²) in [7, 11) is -3.65. The molecule has 1 fully saturated rings. The summed E-state index contributed by atoms with van der Waals surface area (Å²) in [4.78, 5) is 0. The van der Waals surface area contributed by atoms with Crippen molar-refractivity contribution in [3.05, 3.63) is 23.5 Å². The first-order valence-electron chi connectivity index (χ1n) is 5.42. The van der Waals surface area contributed by atoms with E-state index in [-0.39, 0.29) is 0 Å². The Morgan fingerprint density at radius 3 is 2.56 bits per heavy atom. The molecule has 0 aliphatic carbocycles. The number of nitrogens with two attached hydrogens (primary N) is 1. The Morgan fingerprint density at radius 1 is 1.44 bits per heavy atom. The SMILES string of the molecule is Cc1c(C2CCNCC2)ccn1S(N)(=O)=O. The summed E-state index contributed by atoms with van der Waals surface area (Å²) in [5.74, 6) is 0.448. The zero-order valence-corrected chi connectivity index (χ0v) is 10.1. The third-order valence-electron chi connectivity index (χ3n) is 3.19. The molecule has 90 valence electrons. The molecule has 0 spiro atoms. The van der Waals surface area contributed by atoms with E-state index < -0.39 is 10.2 Å². The molecule has 2 rings (SSSR count). The van der Waals surface area contributed by atoms with Crippen LogP contribution in [-0.4, -0.2) is 25.5 Å². The number of nitrogens with zero attached hydrogens (tertiary/aromatic N) is 1. The van der Waals surface area contributed by atoms with E-state index in [0.29, 0.717) is 5.92 Å². The molecule has 0 unspecified atom stereocenters. The molecular weight excluding hydrogens is 226 g/mol. The fourth-order valence-electron chi connectivity index (χ4n) is 2.35. The minimum Gasteiger partial charge on any atom is -0.317 e. The van der Waals surface area contributed by atoms with Gasteiger partial charge in [0.25, 0.3) is 0 Å². The molecule has 2 heterocycles. The monoisotopic (exact) mass is 243 g/mol. The first-order valence-corrected chi connectivity index (χ1v) is 6.92. The van der Waals surface area contributed by atoms with E-state index >= 15 is 0 Å². The molecule has 0 radical (unpaired) electrons. The molecule has 1 aliphatic rings. The van der Waals surface area contributed by atoms with Crippen LogP contribution in [0.3, 0.4) is 0 Å². The molecular formula is C10H17N3O2S. The Kier molecular flexibility index (Phi) is 3.05. The Balaban J connectivity index is 2.33. The summed E-state index contributed by atoms with van der Waals surface area (Å²) in [6, 6.07) is 1.87. The molecule has 0 bridgehead atoms. The van der Waals surface area contributed by atoms with Crippen LogP contribution in [0.2, 0.25) is 0 Å². The summed E-state index contributed by atoms with van der Waals surface area (Å²) >= 11 is 0. The summed E-state index contributed by atoms with van der Waals surface area (Å²) in [6.45, 7) is 3.79. The predicted molar refractivity (Wildman–Crippen MR) is 62.5 cm³/mol. The molecule has 5 nitrogen and oxygen atoms in total. The summed E-state index contributed by atoms with van der Waals surface area (Å²) in [5, 5.41) is 8.41. The van der Waals surface area contributed by atoms with Crippen molar-refractivity contribution in [3.63, 3.8) is 0 Å². The van der Waals surface area contributed by atoms with E-state index in [1.165, 1.54) is 0 Å². The molecule has 1 aromatic rings. The molecule has 0 saturated carbocycles. The van der Waals surface area contributed by atoms with Gasteiger partial charge in [-0.3, -0.25) is 0 Å². The Bertz CT molecular complexity index is 472. The molecule has 3 N–H and O–H groups in total. The molecule has 16 heavy (non-hydrogen) atoms. The third kappa shape index (κ3) is 2.14. The van der Waals surface area contributed by atoms with Gasteiger partial charge in [-0.05, 0) is 50.4 Å². The highest BCUT2D eigenvalue weighted by Gasteiger charge is 2.21. The third-order valence-corrected chi connectivity index (χ3v) is 4.13. The number of piperidine rings is 1. The Labute approximate surface area is 95.8 Å². The lowest BCUT2D eigenvalue weighted by atomic mass is 9.90.